The van der Waals surface area contributed by atoms with Crippen LogP contribution in [0.3, 0.4) is 0 Å². The maximum atomic E-state index is 5.70. The third-order valence-corrected chi connectivity index (χ3v) is 5.27. The van der Waals surface area contributed by atoms with Gasteiger partial charge in [-0.3, -0.25) is 0 Å². The smallest absolute Gasteiger partial charge is 0.0518 e. The zero-order valence-corrected chi connectivity index (χ0v) is 15.7. The van der Waals surface area contributed by atoms with Gasteiger partial charge < -0.3 is 4.74 Å². The van der Waals surface area contributed by atoms with E-state index < -0.39 is 0 Å². The predicted molar refractivity (Wildman–Crippen MR) is 91.1 cm³/mol. The SMILES string of the molecule is CC(C)OCCC(C)C(C)(C)CCCC(C)C(C)(C)C. The van der Waals surface area contributed by atoms with Gasteiger partial charge in [-0.05, 0) is 49.4 Å². The standard InChI is InChI=1S/C19H40O/c1-15(2)20-14-12-17(4)19(8,9)13-10-11-16(3)18(5,6)7/h15-17H,10-14H2,1-9H3. The van der Waals surface area contributed by atoms with Gasteiger partial charge in [0.2, 0.25) is 0 Å². The molecule has 0 heterocycles. The second-order valence-electron chi connectivity index (χ2n) is 8.76. The Labute approximate surface area is 128 Å². The van der Waals surface area contributed by atoms with E-state index in [1.54, 1.807) is 0 Å². The summed E-state index contributed by atoms with van der Waals surface area (Å²) < 4.78 is 5.70. The van der Waals surface area contributed by atoms with E-state index >= 15 is 0 Å². The summed E-state index contributed by atoms with van der Waals surface area (Å²) in [5, 5.41) is 0. The minimum absolute atomic E-state index is 0.359. The van der Waals surface area contributed by atoms with Crippen molar-refractivity contribution in [2.45, 2.75) is 94.1 Å². The van der Waals surface area contributed by atoms with Gasteiger partial charge in [0.1, 0.15) is 0 Å². The number of hydrogen-bond acceptors (Lipinski definition) is 1. The summed E-state index contributed by atoms with van der Waals surface area (Å²) >= 11 is 0. The van der Waals surface area contributed by atoms with Gasteiger partial charge in [0.25, 0.3) is 0 Å². The highest BCUT2D eigenvalue weighted by Gasteiger charge is 2.26. The highest BCUT2D eigenvalue weighted by Crippen LogP contribution is 2.37. The molecule has 0 aromatic carbocycles. The molecule has 2 unspecified atom stereocenters. The molecule has 0 rings (SSSR count). The van der Waals surface area contributed by atoms with Crippen LogP contribution in [0.5, 0.6) is 0 Å². The molecule has 0 bridgehead atoms. The summed E-state index contributed by atoms with van der Waals surface area (Å²) in [5.74, 6) is 1.53. The second kappa shape index (κ2) is 8.41. The normalized spacial score (nSPS) is 16.5. The molecule has 0 aliphatic rings. The average molecular weight is 285 g/mol. The monoisotopic (exact) mass is 284 g/mol. The zero-order valence-electron chi connectivity index (χ0n) is 15.7. The molecular formula is C19H40O. The molecule has 0 aromatic rings. The summed E-state index contributed by atoms with van der Waals surface area (Å²) in [6.07, 6.45) is 5.57. The van der Waals surface area contributed by atoms with Crippen molar-refractivity contribution >= 4 is 0 Å². The molecule has 20 heavy (non-hydrogen) atoms. The van der Waals surface area contributed by atoms with Crippen LogP contribution in [-0.2, 0) is 4.74 Å². The van der Waals surface area contributed by atoms with Gasteiger partial charge >= 0.3 is 0 Å². The number of rotatable bonds is 9. The van der Waals surface area contributed by atoms with Gasteiger partial charge in [-0.2, -0.15) is 0 Å². The average Bonchev–Trinajstić information content (AvgIpc) is 2.26. The van der Waals surface area contributed by atoms with E-state index in [0.717, 1.165) is 18.4 Å². The molecule has 0 aromatic heterocycles. The first-order valence-corrected chi connectivity index (χ1v) is 8.58. The molecule has 0 spiro atoms. The Kier molecular flexibility index (Phi) is 8.40. The molecule has 0 saturated carbocycles. The van der Waals surface area contributed by atoms with E-state index in [-0.39, 0.29) is 0 Å². The fraction of sp³-hybridized carbons (Fsp3) is 1.00. The molecule has 0 fully saturated rings. The molecule has 122 valence electrons. The Morgan fingerprint density at radius 2 is 1.35 bits per heavy atom. The van der Waals surface area contributed by atoms with Crippen LogP contribution in [0.1, 0.15) is 88.0 Å². The van der Waals surface area contributed by atoms with Crippen molar-refractivity contribution in [2.24, 2.45) is 22.7 Å². The van der Waals surface area contributed by atoms with Crippen molar-refractivity contribution < 1.29 is 4.74 Å². The fourth-order valence-corrected chi connectivity index (χ4v) is 2.41. The third kappa shape index (κ3) is 8.29. The lowest BCUT2D eigenvalue weighted by molar-refractivity contribution is 0.0531. The minimum atomic E-state index is 0.359. The Hall–Kier alpha value is -0.0400. The Morgan fingerprint density at radius 3 is 1.80 bits per heavy atom. The van der Waals surface area contributed by atoms with Gasteiger partial charge in [0.15, 0.2) is 0 Å². The fourth-order valence-electron chi connectivity index (χ4n) is 2.41. The maximum absolute atomic E-state index is 5.70. The first-order chi connectivity index (χ1) is 8.97. The molecule has 0 amide bonds. The van der Waals surface area contributed by atoms with Gasteiger partial charge in [-0.25, -0.2) is 0 Å². The van der Waals surface area contributed by atoms with E-state index in [0.29, 0.717) is 16.9 Å². The van der Waals surface area contributed by atoms with Crippen LogP contribution in [0, 0.1) is 22.7 Å². The zero-order chi connectivity index (χ0) is 16.0. The van der Waals surface area contributed by atoms with Crippen molar-refractivity contribution in [1.82, 2.24) is 0 Å². The Bertz CT molecular complexity index is 247. The van der Waals surface area contributed by atoms with Crippen LogP contribution >= 0.6 is 0 Å². The molecule has 1 heteroatoms. The number of hydrogen-bond donors (Lipinski definition) is 0. The van der Waals surface area contributed by atoms with Crippen molar-refractivity contribution in [2.75, 3.05) is 6.61 Å². The summed E-state index contributed by atoms with van der Waals surface area (Å²) in [5.41, 5.74) is 0.874. The summed E-state index contributed by atoms with van der Waals surface area (Å²) in [7, 11) is 0. The van der Waals surface area contributed by atoms with Crippen molar-refractivity contribution in [3.63, 3.8) is 0 Å². The maximum Gasteiger partial charge on any atom is 0.0518 e. The van der Waals surface area contributed by atoms with E-state index in [1.165, 1.54) is 25.7 Å². The van der Waals surface area contributed by atoms with E-state index in [1.807, 2.05) is 0 Å². The van der Waals surface area contributed by atoms with Gasteiger partial charge in [0.05, 0.1) is 6.10 Å². The third-order valence-electron chi connectivity index (χ3n) is 5.27. The molecular weight excluding hydrogens is 244 g/mol. The van der Waals surface area contributed by atoms with Gasteiger partial charge in [-0.1, -0.05) is 61.3 Å². The van der Waals surface area contributed by atoms with E-state index in [9.17, 15) is 0 Å². The minimum Gasteiger partial charge on any atom is -0.379 e. The Balaban J connectivity index is 4.05. The van der Waals surface area contributed by atoms with Crippen LogP contribution in [0.15, 0.2) is 0 Å². The summed E-state index contributed by atoms with van der Waals surface area (Å²) in [6, 6.07) is 0. The molecule has 0 aliphatic carbocycles. The first-order valence-electron chi connectivity index (χ1n) is 8.58. The lowest BCUT2D eigenvalue weighted by Gasteiger charge is -2.34. The van der Waals surface area contributed by atoms with Crippen LogP contribution < -0.4 is 0 Å². The quantitative estimate of drug-likeness (QED) is 0.481. The Morgan fingerprint density at radius 1 is 0.800 bits per heavy atom. The number of ether oxygens (including phenoxy) is 1. The molecule has 0 radical (unpaired) electrons. The first kappa shape index (κ1) is 20.0. The van der Waals surface area contributed by atoms with Gasteiger partial charge in [0, 0.05) is 6.61 Å². The molecule has 1 nitrogen and oxygen atoms in total. The van der Waals surface area contributed by atoms with Crippen molar-refractivity contribution in [3.05, 3.63) is 0 Å². The van der Waals surface area contributed by atoms with E-state index in [4.69, 9.17) is 4.74 Å². The molecule has 2 atom stereocenters. The second-order valence-corrected chi connectivity index (χ2v) is 8.76. The summed E-state index contributed by atoms with van der Waals surface area (Å²) in [6.45, 7) is 21.8. The van der Waals surface area contributed by atoms with Crippen LogP contribution in [0.2, 0.25) is 0 Å². The van der Waals surface area contributed by atoms with Crippen LogP contribution in [0.4, 0.5) is 0 Å². The van der Waals surface area contributed by atoms with Crippen LogP contribution in [0.25, 0.3) is 0 Å². The highest BCUT2D eigenvalue weighted by atomic mass is 16.5. The lowest BCUT2D eigenvalue weighted by atomic mass is 9.72. The predicted octanol–water partition coefficient (Wildman–Crippen LogP) is 6.32. The molecule has 0 saturated heterocycles. The van der Waals surface area contributed by atoms with E-state index in [2.05, 4.69) is 62.3 Å². The highest BCUT2D eigenvalue weighted by molar-refractivity contribution is 4.77. The molecule has 0 N–H and O–H groups in total. The lowest BCUT2D eigenvalue weighted by Crippen LogP contribution is -2.24. The summed E-state index contributed by atoms with van der Waals surface area (Å²) in [4.78, 5) is 0. The van der Waals surface area contributed by atoms with Crippen LogP contribution in [-0.4, -0.2) is 12.7 Å². The van der Waals surface area contributed by atoms with Crippen molar-refractivity contribution in [3.8, 4) is 0 Å². The topological polar surface area (TPSA) is 9.23 Å². The molecule has 0 aliphatic heterocycles. The van der Waals surface area contributed by atoms with Gasteiger partial charge in [-0.15, -0.1) is 0 Å². The largest absolute Gasteiger partial charge is 0.379 e. The van der Waals surface area contributed by atoms with Crippen molar-refractivity contribution in [1.29, 1.82) is 0 Å².